The number of nitrogens with zero attached hydrogens (tertiary/aromatic N) is 2. The van der Waals surface area contributed by atoms with Crippen molar-refractivity contribution in [1.29, 1.82) is 0 Å². The van der Waals surface area contributed by atoms with Gasteiger partial charge >= 0.3 is 6.09 Å². The number of hydrogen-bond donors (Lipinski definition) is 1. The number of carbonyl (C=O) groups excluding carboxylic acids is 1. The van der Waals surface area contributed by atoms with Gasteiger partial charge < -0.3 is 15.0 Å². The highest BCUT2D eigenvalue weighted by atomic mass is 79.9. The first-order valence-corrected chi connectivity index (χ1v) is 10.9. The van der Waals surface area contributed by atoms with Crippen LogP contribution in [0.25, 0.3) is 0 Å². The van der Waals surface area contributed by atoms with Crippen molar-refractivity contribution in [1.82, 2.24) is 9.88 Å². The molecule has 1 amide bonds. The molecule has 6 heteroatoms. The van der Waals surface area contributed by atoms with Crippen LogP contribution in [0.5, 0.6) is 0 Å². The number of halogens is 1. The zero-order chi connectivity index (χ0) is 20.9. The summed E-state index contributed by atoms with van der Waals surface area (Å²) in [7, 11) is 0. The minimum atomic E-state index is -0.426. The van der Waals surface area contributed by atoms with E-state index < -0.39 is 5.60 Å². The van der Waals surface area contributed by atoms with E-state index in [1.54, 1.807) is 6.20 Å². The number of nitrogens with one attached hydrogen (secondary N) is 1. The number of carbonyl (C=O) groups is 1. The summed E-state index contributed by atoms with van der Waals surface area (Å²) in [6.45, 7) is 16.4. The molecule has 0 aromatic carbocycles. The first-order chi connectivity index (χ1) is 12.7. The van der Waals surface area contributed by atoms with Crippen LogP contribution in [0.4, 0.5) is 10.5 Å². The topological polar surface area (TPSA) is 54.5 Å². The molecule has 5 nitrogen and oxygen atoms in total. The number of ether oxygens (including phenoxy) is 1. The summed E-state index contributed by atoms with van der Waals surface area (Å²) in [6, 6.07) is 3.93. The fourth-order valence-electron chi connectivity index (χ4n) is 2.42. The lowest BCUT2D eigenvalue weighted by atomic mass is 9.97. The number of piperidine rings is 1. The van der Waals surface area contributed by atoms with Gasteiger partial charge in [-0.3, -0.25) is 0 Å². The van der Waals surface area contributed by atoms with Crippen molar-refractivity contribution in [3.63, 3.8) is 0 Å². The monoisotopic (exact) mass is 443 g/mol. The Morgan fingerprint density at radius 2 is 1.85 bits per heavy atom. The van der Waals surface area contributed by atoms with Gasteiger partial charge in [-0.05, 0) is 67.6 Å². The van der Waals surface area contributed by atoms with Crippen molar-refractivity contribution in [3.05, 3.63) is 22.9 Å². The van der Waals surface area contributed by atoms with Gasteiger partial charge in [0.2, 0.25) is 0 Å². The Morgan fingerprint density at radius 1 is 1.30 bits per heavy atom. The minimum Gasteiger partial charge on any atom is -0.444 e. The normalized spacial score (nSPS) is 14.3. The molecule has 0 spiro atoms. The Hall–Kier alpha value is -1.30. The van der Waals surface area contributed by atoms with Gasteiger partial charge in [-0.15, -0.1) is 0 Å². The van der Waals surface area contributed by atoms with E-state index >= 15 is 0 Å². The van der Waals surface area contributed by atoms with E-state index in [1.807, 2.05) is 51.7 Å². The van der Waals surface area contributed by atoms with Crippen LogP contribution in [0.2, 0.25) is 0 Å². The predicted molar refractivity (Wildman–Crippen MR) is 118 cm³/mol. The summed E-state index contributed by atoms with van der Waals surface area (Å²) in [5.41, 5.74) is 0.640. The van der Waals surface area contributed by atoms with E-state index in [-0.39, 0.29) is 6.09 Å². The molecule has 1 fully saturated rings. The minimum absolute atomic E-state index is 0.197. The van der Waals surface area contributed by atoms with Crippen molar-refractivity contribution < 1.29 is 9.53 Å². The van der Waals surface area contributed by atoms with Crippen LogP contribution in [0, 0.1) is 5.92 Å². The molecule has 1 N–H and O–H groups in total. The molecule has 1 aliphatic heterocycles. The maximum Gasteiger partial charge on any atom is 0.410 e. The largest absolute Gasteiger partial charge is 0.444 e. The number of likely N-dealkylation sites (tertiary alicyclic amines) is 1. The molecule has 0 bridgehead atoms. The van der Waals surface area contributed by atoms with Crippen LogP contribution in [0.3, 0.4) is 0 Å². The lowest BCUT2D eigenvalue weighted by molar-refractivity contribution is 0.0188. The van der Waals surface area contributed by atoms with E-state index in [4.69, 9.17) is 4.74 Å². The quantitative estimate of drug-likeness (QED) is 0.553. The first kappa shape index (κ1) is 25.7. The number of aromatic nitrogens is 1. The average molecular weight is 444 g/mol. The Kier molecular flexibility index (Phi) is 13.1. The highest BCUT2D eigenvalue weighted by Gasteiger charge is 2.26. The van der Waals surface area contributed by atoms with Crippen LogP contribution in [-0.4, -0.2) is 41.2 Å². The molecule has 27 heavy (non-hydrogen) atoms. The molecule has 156 valence electrons. The van der Waals surface area contributed by atoms with Gasteiger partial charge in [0.1, 0.15) is 10.2 Å². The van der Waals surface area contributed by atoms with Gasteiger partial charge in [-0.1, -0.05) is 34.1 Å². The highest BCUT2D eigenvalue weighted by molar-refractivity contribution is 9.10. The Bertz CT molecular complexity index is 524. The number of anilines is 1. The molecule has 0 radical (unpaired) electrons. The number of hydrogen-bond acceptors (Lipinski definition) is 4. The van der Waals surface area contributed by atoms with Gasteiger partial charge in [0, 0.05) is 31.5 Å². The van der Waals surface area contributed by atoms with Crippen molar-refractivity contribution in [2.75, 3.05) is 25.0 Å². The standard InChI is InChI=1S/C16H24BrN3O2.C3H8.C2H6/c1-16(2,3)22-15(21)20-8-5-12(6-9-20)11-19-13-4-7-18-14(17)10-13;1-3-2;1-2/h4,7,10,12H,5-6,8-9,11H2,1-3H3,(H,18,19);3H2,1-2H3;1-2H3. The second kappa shape index (κ2) is 13.8. The van der Waals surface area contributed by atoms with E-state index in [0.717, 1.165) is 42.8 Å². The van der Waals surface area contributed by atoms with Gasteiger partial charge in [-0.25, -0.2) is 9.78 Å². The summed E-state index contributed by atoms with van der Waals surface area (Å²) in [4.78, 5) is 17.9. The lowest BCUT2D eigenvalue weighted by Gasteiger charge is -2.33. The zero-order valence-corrected chi connectivity index (χ0v) is 19.7. The zero-order valence-electron chi connectivity index (χ0n) is 18.1. The second-order valence-electron chi connectivity index (χ2n) is 7.37. The molecule has 2 heterocycles. The maximum atomic E-state index is 12.0. The number of amides is 1. The summed E-state index contributed by atoms with van der Waals surface area (Å²) in [6.07, 6.45) is 4.83. The number of pyridine rings is 1. The maximum absolute atomic E-state index is 12.0. The lowest BCUT2D eigenvalue weighted by Crippen LogP contribution is -2.42. The van der Waals surface area contributed by atoms with Gasteiger partial charge in [0.25, 0.3) is 0 Å². The Morgan fingerprint density at radius 3 is 2.33 bits per heavy atom. The van der Waals surface area contributed by atoms with Crippen molar-refractivity contribution in [2.45, 2.75) is 73.3 Å². The van der Waals surface area contributed by atoms with Gasteiger partial charge in [0.05, 0.1) is 0 Å². The summed E-state index contributed by atoms with van der Waals surface area (Å²) < 4.78 is 6.24. The van der Waals surface area contributed by atoms with Gasteiger partial charge in [-0.2, -0.15) is 0 Å². The molecule has 0 saturated carbocycles. The molecule has 1 aliphatic rings. The third-order valence-electron chi connectivity index (χ3n) is 3.59. The summed E-state index contributed by atoms with van der Waals surface area (Å²) >= 11 is 3.37. The Labute approximate surface area is 174 Å². The predicted octanol–water partition coefficient (Wildman–Crippen LogP) is 6.35. The average Bonchev–Trinajstić information content (AvgIpc) is 2.61. The molecule has 0 unspecified atom stereocenters. The van der Waals surface area contributed by atoms with Crippen LogP contribution >= 0.6 is 15.9 Å². The van der Waals surface area contributed by atoms with Crippen LogP contribution in [0.1, 0.15) is 67.7 Å². The van der Waals surface area contributed by atoms with Crippen molar-refractivity contribution >= 4 is 27.7 Å². The first-order valence-electron chi connectivity index (χ1n) is 10.1. The van der Waals surface area contributed by atoms with Crippen LogP contribution in [-0.2, 0) is 4.74 Å². The summed E-state index contributed by atoms with van der Waals surface area (Å²) in [5, 5.41) is 3.43. The fourth-order valence-corrected chi connectivity index (χ4v) is 2.79. The molecule has 1 saturated heterocycles. The molecular weight excluding hydrogens is 406 g/mol. The van der Waals surface area contributed by atoms with Crippen molar-refractivity contribution in [2.24, 2.45) is 5.92 Å². The Balaban J connectivity index is 0.00000123. The van der Waals surface area contributed by atoms with Crippen LogP contribution in [0.15, 0.2) is 22.9 Å². The molecular formula is C21H38BrN3O2. The van der Waals surface area contributed by atoms with Crippen LogP contribution < -0.4 is 5.32 Å². The fraction of sp³-hybridized carbons (Fsp3) is 0.714. The summed E-state index contributed by atoms with van der Waals surface area (Å²) in [5.74, 6) is 0.575. The van der Waals surface area contributed by atoms with Crippen molar-refractivity contribution in [3.8, 4) is 0 Å². The SMILES string of the molecule is CC.CC(C)(C)OC(=O)N1CCC(CNc2ccnc(Br)c2)CC1.CCC. The van der Waals surface area contributed by atoms with Gasteiger partial charge in [0.15, 0.2) is 0 Å². The van der Waals surface area contributed by atoms with E-state index in [9.17, 15) is 4.79 Å². The molecule has 2 rings (SSSR count). The number of rotatable bonds is 3. The smallest absolute Gasteiger partial charge is 0.410 e. The third-order valence-corrected chi connectivity index (χ3v) is 4.02. The molecule has 0 aliphatic carbocycles. The molecule has 0 atom stereocenters. The van der Waals surface area contributed by atoms with E-state index in [1.165, 1.54) is 6.42 Å². The second-order valence-corrected chi connectivity index (χ2v) is 8.18. The van der Waals surface area contributed by atoms with E-state index in [2.05, 4.69) is 40.1 Å². The van der Waals surface area contributed by atoms with E-state index in [0.29, 0.717) is 5.92 Å². The highest BCUT2D eigenvalue weighted by Crippen LogP contribution is 2.21. The third kappa shape index (κ3) is 11.9. The molecule has 1 aromatic rings. The molecule has 1 aromatic heterocycles.